The smallest absolute Gasteiger partial charge is 0.135 e. The number of imidazole rings is 1. The third-order valence-electron chi connectivity index (χ3n) is 4.76. The highest BCUT2D eigenvalue weighted by Crippen LogP contribution is 2.30. The van der Waals surface area contributed by atoms with Gasteiger partial charge in [-0.05, 0) is 36.1 Å². The summed E-state index contributed by atoms with van der Waals surface area (Å²) in [5.41, 5.74) is 5.57. The van der Waals surface area contributed by atoms with Gasteiger partial charge in [-0.25, -0.2) is 9.67 Å². The van der Waals surface area contributed by atoms with Gasteiger partial charge in [-0.2, -0.15) is 0 Å². The maximum Gasteiger partial charge on any atom is 0.135 e. The predicted octanol–water partition coefficient (Wildman–Crippen LogP) is 2.10. The van der Waals surface area contributed by atoms with Crippen LogP contribution >= 0.6 is 0 Å². The molecule has 1 aromatic carbocycles. The number of methoxy groups -OCH3 is 1. The summed E-state index contributed by atoms with van der Waals surface area (Å²) in [4.78, 5) is 4.57. The van der Waals surface area contributed by atoms with E-state index in [4.69, 9.17) is 4.74 Å². The lowest BCUT2D eigenvalue weighted by Gasteiger charge is -2.11. The van der Waals surface area contributed by atoms with Crippen molar-refractivity contribution in [2.75, 3.05) is 7.11 Å². The summed E-state index contributed by atoms with van der Waals surface area (Å²) in [6, 6.07) is 9.86. The molecule has 0 atom stereocenters. The van der Waals surface area contributed by atoms with Crippen LogP contribution in [0, 0.1) is 11.8 Å². The zero-order chi connectivity index (χ0) is 18.4. The zero-order valence-electron chi connectivity index (χ0n) is 14.9. The summed E-state index contributed by atoms with van der Waals surface area (Å²) in [6.07, 6.45) is 6.21. The van der Waals surface area contributed by atoms with E-state index in [1.807, 2.05) is 59.2 Å². The number of nitrogens with zero attached hydrogens (tertiary/aromatic N) is 6. The second kappa shape index (κ2) is 5.88. The molecule has 0 fully saturated rings. The SMILES string of the molecule is COc1ccc2c(c1)-n1nncc1Cc1c(C#Cc3cccn3C)ncn1-2. The van der Waals surface area contributed by atoms with Gasteiger partial charge in [0.2, 0.25) is 0 Å². The zero-order valence-corrected chi connectivity index (χ0v) is 14.9. The Hall–Kier alpha value is -3.79. The van der Waals surface area contributed by atoms with Gasteiger partial charge < -0.3 is 9.30 Å². The molecule has 27 heavy (non-hydrogen) atoms. The van der Waals surface area contributed by atoms with Gasteiger partial charge in [0.05, 0.1) is 41.8 Å². The minimum atomic E-state index is 0.640. The normalized spacial score (nSPS) is 11.6. The van der Waals surface area contributed by atoms with E-state index in [-0.39, 0.29) is 0 Å². The van der Waals surface area contributed by atoms with Crippen LogP contribution < -0.4 is 4.74 Å². The van der Waals surface area contributed by atoms with Crippen LogP contribution in [0.15, 0.2) is 49.1 Å². The first-order valence-corrected chi connectivity index (χ1v) is 8.52. The molecule has 7 nitrogen and oxygen atoms in total. The van der Waals surface area contributed by atoms with E-state index in [2.05, 4.69) is 31.7 Å². The Morgan fingerprint density at radius 1 is 1.15 bits per heavy atom. The lowest BCUT2D eigenvalue weighted by atomic mass is 10.2. The van der Waals surface area contributed by atoms with Gasteiger partial charge in [0.25, 0.3) is 0 Å². The molecule has 4 aromatic rings. The summed E-state index contributed by atoms with van der Waals surface area (Å²) in [7, 11) is 3.63. The van der Waals surface area contributed by atoms with Gasteiger partial charge in [0, 0.05) is 25.7 Å². The summed E-state index contributed by atoms with van der Waals surface area (Å²) in [5.74, 6) is 7.19. The number of ether oxygens (including phenoxy) is 1. The summed E-state index contributed by atoms with van der Waals surface area (Å²) in [6.45, 7) is 0. The summed E-state index contributed by atoms with van der Waals surface area (Å²) >= 11 is 0. The second-order valence-corrected chi connectivity index (χ2v) is 6.33. The number of aromatic nitrogens is 6. The van der Waals surface area contributed by atoms with Gasteiger partial charge in [-0.3, -0.25) is 4.57 Å². The molecule has 4 heterocycles. The van der Waals surface area contributed by atoms with E-state index < -0.39 is 0 Å². The second-order valence-electron chi connectivity index (χ2n) is 6.33. The number of benzene rings is 1. The Bertz CT molecular complexity index is 1220. The topological polar surface area (TPSA) is 62.7 Å². The lowest BCUT2D eigenvalue weighted by Crippen LogP contribution is -2.03. The molecule has 0 amide bonds. The van der Waals surface area contributed by atoms with E-state index in [1.165, 1.54) is 0 Å². The number of hydrogen-bond donors (Lipinski definition) is 0. The third-order valence-corrected chi connectivity index (χ3v) is 4.76. The molecule has 0 unspecified atom stereocenters. The van der Waals surface area contributed by atoms with Crippen LogP contribution in [-0.2, 0) is 13.5 Å². The maximum absolute atomic E-state index is 5.39. The highest BCUT2D eigenvalue weighted by Gasteiger charge is 2.23. The van der Waals surface area contributed by atoms with E-state index >= 15 is 0 Å². The average molecular weight is 356 g/mol. The van der Waals surface area contributed by atoms with Crippen molar-refractivity contribution >= 4 is 0 Å². The Morgan fingerprint density at radius 2 is 2.07 bits per heavy atom. The first-order chi connectivity index (χ1) is 13.2. The number of rotatable bonds is 1. The first-order valence-electron chi connectivity index (χ1n) is 8.52. The molecule has 1 aliphatic heterocycles. The van der Waals surface area contributed by atoms with Crippen molar-refractivity contribution in [2.45, 2.75) is 6.42 Å². The number of aryl methyl sites for hydroxylation is 1. The molecule has 0 saturated carbocycles. The van der Waals surface area contributed by atoms with Crippen molar-refractivity contribution in [3.63, 3.8) is 0 Å². The van der Waals surface area contributed by atoms with Gasteiger partial charge in [0.1, 0.15) is 17.8 Å². The van der Waals surface area contributed by atoms with Crippen LogP contribution in [0.3, 0.4) is 0 Å². The molecule has 5 rings (SSSR count). The van der Waals surface area contributed by atoms with Crippen molar-refractivity contribution in [2.24, 2.45) is 7.05 Å². The molecule has 0 radical (unpaired) electrons. The Labute approximate surface area is 155 Å². The highest BCUT2D eigenvalue weighted by atomic mass is 16.5. The van der Waals surface area contributed by atoms with Crippen molar-refractivity contribution < 1.29 is 4.74 Å². The summed E-state index contributed by atoms with van der Waals surface area (Å²) in [5, 5.41) is 8.35. The largest absolute Gasteiger partial charge is 0.497 e. The Balaban J connectivity index is 1.69. The number of hydrogen-bond acceptors (Lipinski definition) is 4. The average Bonchev–Trinajstić information content (AvgIpc) is 3.39. The van der Waals surface area contributed by atoms with E-state index in [9.17, 15) is 0 Å². The fourth-order valence-corrected chi connectivity index (χ4v) is 3.32. The number of fused-ring (bicyclic) bond motifs is 5. The Morgan fingerprint density at radius 3 is 2.89 bits per heavy atom. The maximum atomic E-state index is 5.39. The molecular formula is C20H16N6O. The highest BCUT2D eigenvalue weighted by molar-refractivity contribution is 5.59. The quantitative estimate of drug-likeness (QED) is 0.432. The molecule has 7 heteroatoms. The molecule has 0 aliphatic carbocycles. The molecule has 0 saturated heterocycles. The molecule has 1 aliphatic rings. The predicted molar refractivity (Wildman–Crippen MR) is 99.2 cm³/mol. The van der Waals surface area contributed by atoms with Crippen LogP contribution in [0.5, 0.6) is 5.75 Å². The fourth-order valence-electron chi connectivity index (χ4n) is 3.32. The molecular weight excluding hydrogens is 340 g/mol. The molecule has 0 N–H and O–H groups in total. The Kier molecular flexibility index (Phi) is 3.37. The summed E-state index contributed by atoms with van der Waals surface area (Å²) < 4.78 is 11.3. The van der Waals surface area contributed by atoms with Crippen molar-refractivity contribution in [1.29, 1.82) is 0 Å². The fraction of sp³-hybridized carbons (Fsp3) is 0.150. The lowest BCUT2D eigenvalue weighted by molar-refractivity contribution is 0.414. The van der Waals surface area contributed by atoms with Crippen molar-refractivity contribution in [3.05, 3.63) is 71.8 Å². The molecule has 3 aromatic heterocycles. The van der Waals surface area contributed by atoms with Crippen molar-refractivity contribution in [3.8, 4) is 29.0 Å². The first kappa shape index (κ1) is 15.5. The van der Waals surface area contributed by atoms with E-state index in [0.717, 1.165) is 39.9 Å². The van der Waals surface area contributed by atoms with Crippen molar-refractivity contribution in [1.82, 2.24) is 29.1 Å². The monoisotopic (exact) mass is 356 g/mol. The molecule has 132 valence electrons. The van der Waals surface area contributed by atoms with Crippen LogP contribution in [-0.4, -0.2) is 36.2 Å². The van der Waals surface area contributed by atoms with E-state index in [1.54, 1.807) is 13.3 Å². The van der Waals surface area contributed by atoms with Crippen LogP contribution in [0.25, 0.3) is 11.4 Å². The minimum absolute atomic E-state index is 0.640. The van der Waals surface area contributed by atoms with Gasteiger partial charge >= 0.3 is 0 Å². The molecule has 0 bridgehead atoms. The van der Waals surface area contributed by atoms with Crippen LogP contribution in [0.1, 0.15) is 22.8 Å². The standard InChI is InChI=1S/C20H16N6O/c1-24-9-3-4-14(24)5-7-17-19-10-15-12-22-23-26(15)20-11-16(27-2)6-8-18(20)25(19)13-21-17/h3-4,6,8-9,11-13H,10H2,1-2H3. The minimum Gasteiger partial charge on any atom is -0.497 e. The van der Waals surface area contributed by atoms with Gasteiger partial charge in [-0.1, -0.05) is 5.21 Å². The van der Waals surface area contributed by atoms with Gasteiger partial charge in [-0.15, -0.1) is 5.10 Å². The third kappa shape index (κ3) is 2.42. The van der Waals surface area contributed by atoms with Crippen LogP contribution in [0.2, 0.25) is 0 Å². The van der Waals surface area contributed by atoms with Gasteiger partial charge in [0.15, 0.2) is 0 Å². The van der Waals surface area contributed by atoms with Crippen LogP contribution in [0.4, 0.5) is 0 Å². The van der Waals surface area contributed by atoms with E-state index in [0.29, 0.717) is 6.42 Å². The molecule has 0 spiro atoms.